The molecule has 2 aliphatic carbocycles. The van der Waals surface area contributed by atoms with Gasteiger partial charge in [0.1, 0.15) is 30.2 Å². The van der Waals surface area contributed by atoms with Gasteiger partial charge in [0.15, 0.2) is 0 Å². The molecule has 2 aromatic carbocycles. The third kappa shape index (κ3) is 8.80. The quantitative estimate of drug-likeness (QED) is 0.120. The average molecular weight is 662 g/mol. The van der Waals surface area contributed by atoms with Crippen LogP contribution in [0.4, 0.5) is 0 Å². The number of likely N-dealkylation sites (N-methyl/N-ethyl adjacent to an activating group) is 1. The smallest absolute Gasteiger partial charge is 0.222 e. The number of ether oxygens (including phenoxy) is 1. The molecule has 0 radical (unpaired) electrons. The highest BCUT2D eigenvalue weighted by Gasteiger charge is 2.46. The minimum Gasteiger partial charge on any atom is -0.490 e. The third-order valence-electron chi connectivity index (χ3n) is 9.88. The maximum atomic E-state index is 12.7. The molecule has 1 heterocycles. The Balaban J connectivity index is 1.16. The average Bonchev–Trinajstić information content (AvgIpc) is 4.04. The lowest BCUT2D eigenvalue weighted by Crippen LogP contribution is -2.49. The second-order valence-corrected chi connectivity index (χ2v) is 13.7. The van der Waals surface area contributed by atoms with Gasteiger partial charge >= 0.3 is 0 Å². The Morgan fingerprint density at radius 2 is 1.77 bits per heavy atom. The number of nitrogens with zero attached hydrogens (tertiary/aromatic N) is 2. The number of hydrogen-bond acceptors (Lipinski definition) is 9. The predicted octanol–water partition coefficient (Wildman–Crippen LogP) is 3.55. The van der Waals surface area contributed by atoms with Gasteiger partial charge in [-0.2, -0.15) is 0 Å². The molecule has 5 rings (SSSR count). The fourth-order valence-electron chi connectivity index (χ4n) is 6.26. The fourth-order valence-corrected chi connectivity index (χ4v) is 6.26. The number of aliphatic hydroxyl groups is 5. The summed E-state index contributed by atoms with van der Waals surface area (Å²) in [6.45, 7) is 4.06. The van der Waals surface area contributed by atoms with Gasteiger partial charge in [-0.05, 0) is 91.3 Å². The number of hydrogen-bond donors (Lipinski definition) is 6. The number of amides is 1. The Bertz CT molecular complexity index is 1530. The van der Waals surface area contributed by atoms with Crippen molar-refractivity contribution in [3.05, 3.63) is 83.2 Å². The van der Waals surface area contributed by atoms with E-state index >= 15 is 0 Å². The van der Waals surface area contributed by atoms with E-state index < -0.39 is 31.0 Å². The van der Waals surface area contributed by atoms with Gasteiger partial charge in [0.05, 0.1) is 12.7 Å². The second kappa shape index (κ2) is 15.9. The van der Waals surface area contributed by atoms with Gasteiger partial charge < -0.3 is 40.5 Å². The van der Waals surface area contributed by atoms with E-state index in [1.54, 1.807) is 0 Å². The Morgan fingerprint density at radius 1 is 1.04 bits per heavy atom. The largest absolute Gasteiger partial charge is 0.490 e. The van der Waals surface area contributed by atoms with Crippen LogP contribution in [-0.4, -0.2) is 92.0 Å². The number of carbonyl (C=O) groups is 1. The molecule has 3 aromatic rings. The van der Waals surface area contributed by atoms with Gasteiger partial charge in [-0.15, -0.1) is 0 Å². The van der Waals surface area contributed by atoms with Crippen molar-refractivity contribution in [1.82, 2.24) is 15.2 Å². The number of pyridine rings is 1. The minimum absolute atomic E-state index is 0.142. The lowest BCUT2D eigenvalue weighted by molar-refractivity contribution is -0.138. The molecule has 2 saturated carbocycles. The molecular formula is C38H51N3O7. The van der Waals surface area contributed by atoms with Crippen molar-refractivity contribution in [3.63, 3.8) is 0 Å². The molecule has 5 atom stereocenters. The van der Waals surface area contributed by atoms with E-state index in [1.807, 2.05) is 18.5 Å². The van der Waals surface area contributed by atoms with E-state index in [0.717, 1.165) is 55.5 Å². The number of aryl methyl sites for hydroxylation is 1. The van der Waals surface area contributed by atoms with E-state index in [4.69, 9.17) is 9.84 Å². The lowest BCUT2D eigenvalue weighted by Gasteiger charge is -2.28. The van der Waals surface area contributed by atoms with Crippen LogP contribution < -0.4 is 10.1 Å². The third-order valence-corrected chi connectivity index (χ3v) is 9.88. The van der Waals surface area contributed by atoms with Crippen LogP contribution in [0.5, 0.6) is 5.75 Å². The molecule has 0 spiro atoms. The SMILES string of the molecule is Cc1ccc([C@@H](C)CCCC(=O)N(C)C[C@H](O)[C@@H](O)[C@H](O)[C@H](O)CO)cc1CNC1(c2cnccc2-c2ccccc2OC2CC2)CC1. The molecule has 0 bridgehead atoms. The van der Waals surface area contributed by atoms with Crippen molar-refractivity contribution in [3.8, 4) is 16.9 Å². The van der Waals surface area contributed by atoms with E-state index in [2.05, 4.69) is 66.6 Å². The summed E-state index contributed by atoms with van der Waals surface area (Å²) in [5, 5.41) is 52.5. The van der Waals surface area contributed by atoms with Crippen molar-refractivity contribution < 1.29 is 35.1 Å². The molecular weight excluding hydrogens is 610 g/mol. The molecule has 48 heavy (non-hydrogen) atoms. The molecule has 0 unspecified atom stereocenters. The highest BCUT2D eigenvalue weighted by molar-refractivity contribution is 5.76. The van der Waals surface area contributed by atoms with Crippen molar-refractivity contribution in [2.24, 2.45) is 0 Å². The van der Waals surface area contributed by atoms with E-state index in [0.29, 0.717) is 12.5 Å². The van der Waals surface area contributed by atoms with E-state index in [-0.39, 0.29) is 30.3 Å². The zero-order valence-corrected chi connectivity index (χ0v) is 28.3. The molecule has 10 nitrogen and oxygen atoms in total. The van der Waals surface area contributed by atoms with E-state index in [9.17, 15) is 25.2 Å². The molecule has 0 saturated heterocycles. The molecule has 2 fully saturated rings. The molecule has 2 aliphatic rings. The normalized spacial score (nSPS) is 18.4. The van der Waals surface area contributed by atoms with Crippen molar-refractivity contribution in [1.29, 1.82) is 0 Å². The standard InChI is InChI=1S/C38H51N3O7/c1-24(7-6-10-35(45)41(3)22-32(43)36(46)37(47)33(44)23-42)26-12-11-25(2)27(19-26)20-40-38(16-17-38)31-21-39-18-15-29(31)30-8-4-5-9-34(30)48-28-13-14-28/h4-5,8-9,11-12,15,18-19,21,24,28,32-33,36-37,40,42-44,46-47H,6-7,10,13-14,16-17,20,22-23H2,1-3H3/t24-,32-,33+,36+,37+/m0/s1. The van der Waals surface area contributed by atoms with Crippen LogP contribution in [0, 0.1) is 6.92 Å². The van der Waals surface area contributed by atoms with Crippen LogP contribution >= 0.6 is 0 Å². The van der Waals surface area contributed by atoms with Crippen molar-refractivity contribution in [2.45, 2.75) is 107 Å². The maximum absolute atomic E-state index is 12.7. The molecule has 10 heteroatoms. The predicted molar refractivity (Wildman–Crippen MR) is 183 cm³/mol. The molecule has 0 aliphatic heterocycles. The number of carbonyl (C=O) groups excluding carboxylic acids is 1. The lowest BCUT2D eigenvalue weighted by atomic mass is 9.91. The van der Waals surface area contributed by atoms with Gasteiger partial charge in [-0.25, -0.2) is 0 Å². The van der Waals surface area contributed by atoms with Crippen LogP contribution in [0.2, 0.25) is 0 Å². The maximum Gasteiger partial charge on any atom is 0.222 e. The number of aromatic nitrogens is 1. The van der Waals surface area contributed by atoms with Crippen molar-refractivity contribution >= 4 is 5.91 Å². The molecule has 260 valence electrons. The van der Waals surface area contributed by atoms with E-state index in [1.165, 1.54) is 34.2 Å². The van der Waals surface area contributed by atoms with Gasteiger partial charge in [0.2, 0.25) is 5.91 Å². The highest BCUT2D eigenvalue weighted by Crippen LogP contribution is 2.50. The van der Waals surface area contributed by atoms with Crippen LogP contribution in [0.15, 0.2) is 60.9 Å². The number of rotatable bonds is 18. The van der Waals surface area contributed by atoms with Gasteiger partial charge in [-0.1, -0.05) is 43.3 Å². The first-order valence-corrected chi connectivity index (χ1v) is 17.1. The number of aliphatic hydroxyl groups excluding tert-OH is 5. The zero-order valence-electron chi connectivity index (χ0n) is 28.3. The number of nitrogens with one attached hydrogen (secondary N) is 1. The Hall–Kier alpha value is -3.38. The summed E-state index contributed by atoms with van der Waals surface area (Å²) < 4.78 is 6.27. The summed E-state index contributed by atoms with van der Waals surface area (Å²) in [4.78, 5) is 18.6. The second-order valence-electron chi connectivity index (χ2n) is 13.7. The molecule has 1 aromatic heterocycles. The summed E-state index contributed by atoms with van der Waals surface area (Å²) >= 11 is 0. The topological polar surface area (TPSA) is 156 Å². The minimum atomic E-state index is -1.72. The van der Waals surface area contributed by atoms with Gasteiger partial charge in [0, 0.05) is 50.1 Å². The highest BCUT2D eigenvalue weighted by atomic mass is 16.5. The first kappa shape index (κ1) is 35.9. The van der Waals surface area contributed by atoms with Crippen LogP contribution in [0.3, 0.4) is 0 Å². The fraction of sp³-hybridized carbons (Fsp3) is 0.526. The monoisotopic (exact) mass is 661 g/mol. The summed E-state index contributed by atoms with van der Waals surface area (Å²) in [7, 11) is 1.53. The van der Waals surface area contributed by atoms with Crippen LogP contribution in [0.25, 0.3) is 11.1 Å². The summed E-state index contributed by atoms with van der Waals surface area (Å²) in [5.41, 5.74) is 7.01. The number of para-hydroxylation sites is 1. The zero-order chi connectivity index (χ0) is 34.4. The van der Waals surface area contributed by atoms with Crippen LogP contribution in [-0.2, 0) is 16.9 Å². The molecule has 1 amide bonds. The Kier molecular flexibility index (Phi) is 11.9. The van der Waals surface area contributed by atoms with Gasteiger partial charge in [-0.3, -0.25) is 9.78 Å². The van der Waals surface area contributed by atoms with Crippen LogP contribution in [0.1, 0.15) is 80.0 Å². The van der Waals surface area contributed by atoms with Crippen molar-refractivity contribution in [2.75, 3.05) is 20.2 Å². The summed E-state index contributed by atoms with van der Waals surface area (Å²) in [6, 6.07) is 17.0. The Morgan fingerprint density at radius 3 is 2.48 bits per heavy atom. The Labute approximate surface area is 283 Å². The first-order valence-electron chi connectivity index (χ1n) is 17.1. The first-order chi connectivity index (χ1) is 23.0. The summed E-state index contributed by atoms with van der Waals surface area (Å²) in [5.74, 6) is 0.971. The number of benzene rings is 2. The van der Waals surface area contributed by atoms with Gasteiger partial charge in [0.25, 0.3) is 0 Å². The molecule has 6 N–H and O–H groups in total. The summed E-state index contributed by atoms with van der Waals surface area (Å²) in [6.07, 6.45) is 3.72.